The molecule has 1 amide bonds. The number of piperidine rings is 3. The molecule has 2 atom stereocenters. The smallest absolute Gasteiger partial charge is 0.251 e. The molecule has 0 unspecified atom stereocenters. The van der Waals surface area contributed by atoms with Crippen LogP contribution in [-0.2, 0) is 0 Å². The molecule has 0 spiro atoms. The van der Waals surface area contributed by atoms with E-state index in [2.05, 4.69) is 10.2 Å². The first kappa shape index (κ1) is 18.3. The molecule has 4 heterocycles. The van der Waals surface area contributed by atoms with Crippen LogP contribution in [0, 0.1) is 5.92 Å². The third-order valence-electron chi connectivity index (χ3n) is 6.08. The number of carbonyl (C=O) groups is 1. The average Bonchev–Trinajstić information content (AvgIpc) is 2.78. The quantitative estimate of drug-likeness (QED) is 0.845. The summed E-state index contributed by atoms with van der Waals surface area (Å²) in [7, 11) is 0. The Morgan fingerprint density at radius 1 is 1.10 bits per heavy atom. The molecular formula is C23H26N2O4. The molecule has 6 heteroatoms. The van der Waals surface area contributed by atoms with Crippen molar-refractivity contribution in [3.8, 4) is 17.2 Å². The Morgan fingerprint density at radius 2 is 1.93 bits per heavy atom. The highest BCUT2D eigenvalue weighted by Crippen LogP contribution is 2.33. The summed E-state index contributed by atoms with van der Waals surface area (Å²) in [6.45, 7) is 4.09. The van der Waals surface area contributed by atoms with Gasteiger partial charge in [-0.05, 0) is 62.2 Å². The monoisotopic (exact) mass is 394 g/mol. The van der Waals surface area contributed by atoms with Crippen LogP contribution < -0.4 is 19.5 Å². The van der Waals surface area contributed by atoms with Gasteiger partial charge in [0.25, 0.3) is 5.91 Å². The van der Waals surface area contributed by atoms with Crippen LogP contribution >= 0.6 is 0 Å². The summed E-state index contributed by atoms with van der Waals surface area (Å²) in [6.07, 6.45) is 2.13. The number of fused-ring (bicyclic) bond motifs is 4. The number of benzene rings is 2. The zero-order valence-corrected chi connectivity index (χ0v) is 16.4. The zero-order valence-electron chi connectivity index (χ0n) is 16.4. The molecule has 0 saturated carbocycles. The Bertz CT molecular complexity index is 864. The summed E-state index contributed by atoms with van der Waals surface area (Å²) in [5, 5.41) is 3.23. The first-order valence-corrected chi connectivity index (χ1v) is 10.4. The molecule has 2 aromatic rings. The fourth-order valence-corrected chi connectivity index (χ4v) is 4.43. The Hall–Kier alpha value is -2.73. The van der Waals surface area contributed by atoms with E-state index in [4.69, 9.17) is 14.2 Å². The molecule has 4 aliphatic rings. The Morgan fingerprint density at radius 3 is 2.69 bits per heavy atom. The third kappa shape index (κ3) is 4.03. The first-order chi connectivity index (χ1) is 14.2. The third-order valence-corrected chi connectivity index (χ3v) is 6.08. The highest BCUT2D eigenvalue weighted by Gasteiger charge is 2.35. The molecule has 2 aromatic carbocycles. The van der Waals surface area contributed by atoms with Crippen LogP contribution in [0.15, 0.2) is 48.5 Å². The number of amides is 1. The first-order valence-electron chi connectivity index (χ1n) is 10.4. The van der Waals surface area contributed by atoms with Crippen molar-refractivity contribution >= 4 is 5.91 Å². The molecule has 0 radical (unpaired) electrons. The topological polar surface area (TPSA) is 60.0 Å². The molecule has 3 saturated heterocycles. The lowest BCUT2D eigenvalue weighted by atomic mass is 9.84. The van der Waals surface area contributed by atoms with Gasteiger partial charge in [-0.1, -0.05) is 18.2 Å². The lowest BCUT2D eigenvalue weighted by Crippen LogP contribution is -2.57. The van der Waals surface area contributed by atoms with Crippen molar-refractivity contribution in [3.05, 3.63) is 54.1 Å². The minimum Gasteiger partial charge on any atom is -0.490 e. The Labute approximate surface area is 170 Å². The number of hydrogen-bond donors (Lipinski definition) is 1. The van der Waals surface area contributed by atoms with Gasteiger partial charge in [-0.3, -0.25) is 4.79 Å². The lowest BCUT2D eigenvalue weighted by Gasteiger charge is -2.44. The number of nitrogens with one attached hydrogen (secondary N) is 1. The summed E-state index contributed by atoms with van der Waals surface area (Å²) >= 11 is 0. The summed E-state index contributed by atoms with van der Waals surface area (Å²) in [6, 6.07) is 15.3. The van der Waals surface area contributed by atoms with Gasteiger partial charge >= 0.3 is 0 Å². The highest BCUT2D eigenvalue weighted by atomic mass is 16.6. The summed E-state index contributed by atoms with van der Waals surface area (Å²) in [4.78, 5) is 15.3. The Balaban J connectivity index is 1.22. The molecule has 152 valence electrons. The standard InChI is InChI=1S/C23H26N2O4/c26-23(24-20-13-25-10-8-16(20)9-11-25)17-6-7-21-22(12-17)29-19(15-28-21)14-27-18-4-2-1-3-5-18/h1-7,12,16,19-20H,8-11,13-15H2,(H,24,26)/t19-,20-/m0/s1. The van der Waals surface area contributed by atoms with Crippen LogP contribution in [-0.4, -0.2) is 55.8 Å². The van der Waals surface area contributed by atoms with Gasteiger partial charge in [0.2, 0.25) is 0 Å². The van der Waals surface area contributed by atoms with Gasteiger partial charge in [-0.2, -0.15) is 0 Å². The molecule has 6 nitrogen and oxygen atoms in total. The second-order valence-electron chi connectivity index (χ2n) is 8.05. The number of hydrogen-bond acceptors (Lipinski definition) is 5. The number of carbonyl (C=O) groups excluding carboxylic acids is 1. The van der Waals surface area contributed by atoms with Gasteiger partial charge in [0.05, 0.1) is 0 Å². The van der Waals surface area contributed by atoms with Crippen LogP contribution in [0.3, 0.4) is 0 Å². The maximum Gasteiger partial charge on any atom is 0.251 e. The van der Waals surface area contributed by atoms with E-state index in [1.165, 1.54) is 12.8 Å². The van der Waals surface area contributed by atoms with Crippen LogP contribution in [0.2, 0.25) is 0 Å². The number of nitrogens with zero attached hydrogens (tertiary/aromatic N) is 1. The molecule has 0 aromatic heterocycles. The largest absolute Gasteiger partial charge is 0.490 e. The van der Waals surface area contributed by atoms with E-state index >= 15 is 0 Å². The molecule has 2 bridgehead atoms. The highest BCUT2D eigenvalue weighted by molar-refractivity contribution is 5.95. The van der Waals surface area contributed by atoms with Crippen molar-refractivity contribution in [1.29, 1.82) is 0 Å². The predicted octanol–water partition coefficient (Wildman–Crippen LogP) is 2.73. The maximum absolute atomic E-state index is 12.8. The number of para-hydroxylation sites is 1. The minimum atomic E-state index is -0.220. The van der Waals surface area contributed by atoms with E-state index in [0.717, 1.165) is 25.4 Å². The molecule has 6 rings (SSSR count). The number of rotatable bonds is 5. The van der Waals surface area contributed by atoms with Gasteiger partial charge in [0.1, 0.15) is 19.0 Å². The molecule has 1 N–H and O–H groups in total. The van der Waals surface area contributed by atoms with E-state index in [0.29, 0.717) is 36.2 Å². The number of ether oxygens (including phenoxy) is 3. The second kappa shape index (κ2) is 7.95. The van der Waals surface area contributed by atoms with Gasteiger partial charge in [0, 0.05) is 18.2 Å². The van der Waals surface area contributed by atoms with E-state index < -0.39 is 0 Å². The second-order valence-corrected chi connectivity index (χ2v) is 8.05. The molecule has 3 fully saturated rings. The normalized spacial score (nSPS) is 27.3. The lowest BCUT2D eigenvalue weighted by molar-refractivity contribution is 0.0530. The van der Waals surface area contributed by atoms with Crippen molar-refractivity contribution in [3.63, 3.8) is 0 Å². The van der Waals surface area contributed by atoms with Crippen molar-refractivity contribution < 1.29 is 19.0 Å². The molecule has 0 aliphatic carbocycles. The Kier molecular flexibility index (Phi) is 5.02. The minimum absolute atomic E-state index is 0.0437. The van der Waals surface area contributed by atoms with Crippen LogP contribution in [0.25, 0.3) is 0 Å². The van der Waals surface area contributed by atoms with Crippen molar-refractivity contribution in [2.75, 3.05) is 32.8 Å². The van der Waals surface area contributed by atoms with Crippen molar-refractivity contribution in [2.45, 2.75) is 25.0 Å². The fourth-order valence-electron chi connectivity index (χ4n) is 4.43. The van der Waals surface area contributed by atoms with Crippen molar-refractivity contribution in [1.82, 2.24) is 10.2 Å². The van der Waals surface area contributed by atoms with E-state index in [-0.39, 0.29) is 18.1 Å². The fraction of sp³-hybridized carbons (Fsp3) is 0.435. The zero-order chi connectivity index (χ0) is 19.6. The summed E-state index contributed by atoms with van der Waals surface area (Å²) in [5.74, 6) is 2.62. The van der Waals surface area contributed by atoms with Gasteiger partial charge < -0.3 is 24.4 Å². The molecule has 29 heavy (non-hydrogen) atoms. The van der Waals surface area contributed by atoms with Crippen LogP contribution in [0.5, 0.6) is 17.2 Å². The van der Waals surface area contributed by atoms with E-state index in [9.17, 15) is 4.79 Å². The van der Waals surface area contributed by atoms with Gasteiger partial charge in [0.15, 0.2) is 17.6 Å². The average molecular weight is 394 g/mol. The summed E-state index contributed by atoms with van der Waals surface area (Å²) in [5.41, 5.74) is 0.605. The van der Waals surface area contributed by atoms with Gasteiger partial charge in [-0.25, -0.2) is 0 Å². The van der Waals surface area contributed by atoms with Crippen molar-refractivity contribution in [2.24, 2.45) is 5.92 Å². The van der Waals surface area contributed by atoms with Crippen LogP contribution in [0.4, 0.5) is 0 Å². The molecule has 4 aliphatic heterocycles. The summed E-state index contributed by atoms with van der Waals surface area (Å²) < 4.78 is 17.6. The van der Waals surface area contributed by atoms with Gasteiger partial charge in [-0.15, -0.1) is 0 Å². The van der Waals surface area contributed by atoms with E-state index in [1.807, 2.05) is 36.4 Å². The van der Waals surface area contributed by atoms with E-state index in [1.54, 1.807) is 12.1 Å². The SMILES string of the molecule is O=C(N[C@H]1CN2CCC1CC2)c1ccc2c(c1)O[C@@H](COc1ccccc1)CO2. The maximum atomic E-state index is 12.8. The molecular weight excluding hydrogens is 368 g/mol. The van der Waals surface area contributed by atoms with Crippen LogP contribution in [0.1, 0.15) is 23.2 Å². The predicted molar refractivity (Wildman–Crippen MR) is 109 cm³/mol.